The number of fused-ring (bicyclic) bond motifs is 1. The molecule has 1 saturated heterocycles. The minimum atomic E-state index is -0.583. The Labute approximate surface area is 162 Å². The molecule has 2 aliphatic rings. The Hall–Kier alpha value is -2.60. The summed E-state index contributed by atoms with van der Waals surface area (Å²) in [5.74, 6) is -0.786. The van der Waals surface area contributed by atoms with Gasteiger partial charge in [-0.25, -0.2) is 0 Å². The molecular formula is C21H20N2O3S. The number of rotatable bonds is 3. The van der Waals surface area contributed by atoms with Gasteiger partial charge in [0.1, 0.15) is 6.04 Å². The first-order valence-corrected chi connectivity index (χ1v) is 9.78. The van der Waals surface area contributed by atoms with Crippen molar-refractivity contribution >= 4 is 29.5 Å². The van der Waals surface area contributed by atoms with Gasteiger partial charge in [-0.2, -0.15) is 0 Å². The second kappa shape index (κ2) is 6.85. The lowest BCUT2D eigenvalue weighted by atomic mass is 10.0. The number of nitrogens with one attached hydrogen (secondary N) is 1. The fourth-order valence-electron chi connectivity index (χ4n) is 3.72. The van der Waals surface area contributed by atoms with E-state index in [0.717, 1.165) is 10.5 Å². The number of piperidine rings is 1. The molecule has 0 saturated carbocycles. The van der Waals surface area contributed by atoms with Crippen LogP contribution < -0.4 is 5.32 Å². The molecule has 2 heterocycles. The molecule has 1 unspecified atom stereocenters. The monoisotopic (exact) mass is 380 g/mol. The lowest BCUT2D eigenvalue weighted by Gasteiger charge is -2.29. The topological polar surface area (TPSA) is 66.5 Å². The van der Waals surface area contributed by atoms with Crippen LogP contribution in [-0.2, 0) is 16.1 Å². The van der Waals surface area contributed by atoms with Crippen molar-refractivity contribution in [1.82, 2.24) is 10.2 Å². The Balaban J connectivity index is 1.65. The van der Waals surface area contributed by atoms with Crippen molar-refractivity contribution in [2.45, 2.75) is 49.1 Å². The summed E-state index contributed by atoms with van der Waals surface area (Å²) in [6.07, 6.45) is 0.643. The highest BCUT2D eigenvalue weighted by molar-refractivity contribution is 7.99. The van der Waals surface area contributed by atoms with E-state index >= 15 is 0 Å². The molecular weight excluding hydrogens is 360 g/mol. The molecule has 2 aliphatic heterocycles. The molecule has 6 heteroatoms. The van der Waals surface area contributed by atoms with E-state index in [4.69, 9.17) is 0 Å². The number of imide groups is 1. The number of nitrogens with zero attached hydrogens (tertiary/aromatic N) is 1. The molecule has 1 atom stereocenters. The van der Waals surface area contributed by atoms with E-state index < -0.39 is 6.04 Å². The molecule has 27 heavy (non-hydrogen) atoms. The molecule has 1 N–H and O–H groups in total. The zero-order chi connectivity index (χ0) is 19.1. The van der Waals surface area contributed by atoms with Gasteiger partial charge in [0, 0.05) is 28.3 Å². The number of carbonyl (C=O) groups excluding carboxylic acids is 3. The van der Waals surface area contributed by atoms with E-state index in [9.17, 15) is 14.4 Å². The van der Waals surface area contributed by atoms with E-state index in [1.807, 2.05) is 24.3 Å². The van der Waals surface area contributed by atoms with Crippen LogP contribution in [0.25, 0.3) is 0 Å². The quantitative estimate of drug-likeness (QED) is 0.831. The predicted octanol–water partition coefficient (Wildman–Crippen LogP) is 3.22. The molecule has 2 aromatic rings. The Kier molecular flexibility index (Phi) is 4.52. The second-order valence-corrected chi connectivity index (χ2v) is 8.06. The zero-order valence-electron chi connectivity index (χ0n) is 15.2. The highest BCUT2D eigenvalue weighted by Gasteiger charge is 2.39. The van der Waals surface area contributed by atoms with Gasteiger partial charge in [-0.15, -0.1) is 0 Å². The molecule has 0 bridgehead atoms. The maximum Gasteiger partial charge on any atom is 0.255 e. The summed E-state index contributed by atoms with van der Waals surface area (Å²) in [7, 11) is 0. The van der Waals surface area contributed by atoms with Crippen LogP contribution in [0, 0.1) is 13.8 Å². The second-order valence-electron chi connectivity index (χ2n) is 7.01. The Bertz CT molecular complexity index is 950. The minimum Gasteiger partial charge on any atom is -0.322 e. The first-order valence-electron chi connectivity index (χ1n) is 8.96. The van der Waals surface area contributed by atoms with Crippen molar-refractivity contribution in [1.29, 1.82) is 0 Å². The normalized spacial score (nSPS) is 19.3. The number of carbonyl (C=O) groups is 3. The number of hydrogen-bond donors (Lipinski definition) is 1. The van der Waals surface area contributed by atoms with E-state index in [0.29, 0.717) is 18.5 Å². The van der Waals surface area contributed by atoms with Crippen molar-refractivity contribution in [3.05, 3.63) is 58.7 Å². The highest BCUT2D eigenvalue weighted by atomic mass is 32.2. The number of benzene rings is 2. The third kappa shape index (κ3) is 3.14. The molecule has 0 aliphatic carbocycles. The average Bonchev–Trinajstić information content (AvgIpc) is 2.96. The van der Waals surface area contributed by atoms with E-state index in [1.54, 1.807) is 16.7 Å². The molecule has 1 fully saturated rings. The fourth-order valence-corrected chi connectivity index (χ4v) is 4.85. The number of aryl methyl sites for hydroxylation is 2. The molecule has 0 aromatic heterocycles. The molecule has 0 radical (unpaired) electrons. The van der Waals surface area contributed by atoms with Crippen molar-refractivity contribution in [3.63, 3.8) is 0 Å². The number of amides is 3. The van der Waals surface area contributed by atoms with Crippen LogP contribution in [0.4, 0.5) is 0 Å². The largest absolute Gasteiger partial charge is 0.322 e. The first-order chi connectivity index (χ1) is 13.0. The van der Waals surface area contributed by atoms with Crippen LogP contribution in [0.3, 0.4) is 0 Å². The van der Waals surface area contributed by atoms with Crippen LogP contribution in [0.15, 0.2) is 46.2 Å². The Morgan fingerprint density at radius 2 is 1.74 bits per heavy atom. The Morgan fingerprint density at radius 1 is 1.04 bits per heavy atom. The van der Waals surface area contributed by atoms with Gasteiger partial charge in [0.2, 0.25) is 11.8 Å². The lowest BCUT2D eigenvalue weighted by Crippen LogP contribution is -2.52. The third-order valence-corrected chi connectivity index (χ3v) is 6.61. The van der Waals surface area contributed by atoms with Crippen molar-refractivity contribution in [2.24, 2.45) is 0 Å². The fraction of sp³-hybridized carbons (Fsp3) is 0.286. The summed E-state index contributed by atoms with van der Waals surface area (Å²) in [5.41, 5.74) is 4.00. The zero-order valence-corrected chi connectivity index (χ0v) is 16.1. The summed E-state index contributed by atoms with van der Waals surface area (Å²) in [5, 5.41) is 2.35. The Morgan fingerprint density at radius 3 is 2.44 bits per heavy atom. The smallest absolute Gasteiger partial charge is 0.255 e. The highest BCUT2D eigenvalue weighted by Crippen LogP contribution is 2.39. The van der Waals surface area contributed by atoms with Gasteiger partial charge in [0.15, 0.2) is 0 Å². The molecule has 3 amide bonds. The SMILES string of the molecule is Cc1cccc(C)c1Sc1cccc2c1CN(C1CCC(=O)NC1=O)C2=O. The molecule has 2 aromatic carbocycles. The molecule has 5 nitrogen and oxygen atoms in total. The maximum absolute atomic E-state index is 12.9. The van der Waals surface area contributed by atoms with Gasteiger partial charge in [-0.1, -0.05) is 36.0 Å². The third-order valence-electron chi connectivity index (χ3n) is 5.16. The number of hydrogen-bond acceptors (Lipinski definition) is 4. The van der Waals surface area contributed by atoms with Crippen LogP contribution >= 0.6 is 11.8 Å². The van der Waals surface area contributed by atoms with E-state index in [2.05, 4.69) is 31.3 Å². The van der Waals surface area contributed by atoms with Crippen molar-refractivity contribution in [3.8, 4) is 0 Å². The maximum atomic E-state index is 12.9. The van der Waals surface area contributed by atoms with Gasteiger partial charge in [-0.05, 0) is 49.1 Å². The average molecular weight is 380 g/mol. The van der Waals surface area contributed by atoms with Gasteiger partial charge < -0.3 is 4.90 Å². The van der Waals surface area contributed by atoms with Crippen molar-refractivity contribution in [2.75, 3.05) is 0 Å². The van der Waals surface area contributed by atoms with Crippen LogP contribution in [0.2, 0.25) is 0 Å². The molecule has 0 spiro atoms. The molecule has 4 rings (SSSR count). The molecule has 138 valence electrons. The van der Waals surface area contributed by atoms with Crippen LogP contribution in [0.5, 0.6) is 0 Å². The van der Waals surface area contributed by atoms with Gasteiger partial charge in [0.05, 0.1) is 0 Å². The van der Waals surface area contributed by atoms with E-state index in [-0.39, 0.29) is 24.1 Å². The summed E-state index contributed by atoms with van der Waals surface area (Å²) in [4.78, 5) is 40.4. The predicted molar refractivity (Wildman–Crippen MR) is 103 cm³/mol. The van der Waals surface area contributed by atoms with Gasteiger partial charge in [-0.3, -0.25) is 19.7 Å². The standard InChI is InChI=1S/C21H20N2O3S/c1-12-5-3-6-13(2)19(12)27-17-8-4-7-14-15(17)11-23(21(14)26)16-9-10-18(24)22-20(16)25/h3-8,16H,9-11H2,1-2H3,(H,22,24,25). The van der Waals surface area contributed by atoms with Crippen molar-refractivity contribution < 1.29 is 14.4 Å². The first kappa shape index (κ1) is 17.8. The van der Waals surface area contributed by atoms with Gasteiger partial charge in [0.25, 0.3) is 5.91 Å². The summed E-state index contributed by atoms with van der Waals surface area (Å²) in [6, 6.07) is 11.4. The lowest BCUT2D eigenvalue weighted by molar-refractivity contribution is -0.136. The van der Waals surface area contributed by atoms with E-state index in [1.165, 1.54) is 16.0 Å². The van der Waals surface area contributed by atoms with Gasteiger partial charge >= 0.3 is 0 Å². The summed E-state index contributed by atoms with van der Waals surface area (Å²) < 4.78 is 0. The summed E-state index contributed by atoms with van der Waals surface area (Å²) >= 11 is 1.66. The summed E-state index contributed by atoms with van der Waals surface area (Å²) in [6.45, 7) is 4.56. The van der Waals surface area contributed by atoms with Crippen LogP contribution in [0.1, 0.15) is 39.9 Å². The van der Waals surface area contributed by atoms with Crippen LogP contribution in [-0.4, -0.2) is 28.7 Å². The minimum absolute atomic E-state index is 0.136.